The highest BCUT2D eigenvalue weighted by molar-refractivity contribution is 6.34. The predicted octanol–water partition coefficient (Wildman–Crippen LogP) is 5.12. The number of likely N-dealkylation sites (tertiary alicyclic amines) is 1. The standard InChI is InChI=1S/C27H32ClF4N7O/c1-14-10-19(33-3)35-24(21(14)27(30,31)32)20-18(28)11-17-23(22(20)29)36-26(40-13-16-6-5-8-38(16)4)37-25(17)39-9-7-34-12-15(39)2/h10-11,15-16,34H,5-9,12-13H2,1-4H3,(H,33,35)/t15-,16?/m0/s1. The van der Waals surface area contributed by atoms with E-state index in [0.29, 0.717) is 37.4 Å². The van der Waals surface area contributed by atoms with Crippen molar-refractivity contribution in [1.29, 1.82) is 0 Å². The maximum Gasteiger partial charge on any atom is 0.418 e. The van der Waals surface area contributed by atoms with Gasteiger partial charge < -0.3 is 25.2 Å². The van der Waals surface area contributed by atoms with E-state index in [0.717, 1.165) is 19.4 Å². The Hall–Kier alpha value is -2.96. The second-order valence-corrected chi connectivity index (χ2v) is 10.8. The van der Waals surface area contributed by atoms with Crippen molar-refractivity contribution in [2.75, 3.05) is 57.1 Å². The first-order valence-electron chi connectivity index (χ1n) is 13.3. The van der Waals surface area contributed by atoms with Crippen molar-refractivity contribution in [2.24, 2.45) is 0 Å². The largest absolute Gasteiger partial charge is 0.462 e. The number of aromatic nitrogens is 3. The number of nitrogens with one attached hydrogen (secondary N) is 2. The summed E-state index contributed by atoms with van der Waals surface area (Å²) in [5.41, 5.74) is -2.42. The lowest BCUT2D eigenvalue weighted by Gasteiger charge is -2.35. The molecule has 216 valence electrons. The van der Waals surface area contributed by atoms with Crippen molar-refractivity contribution in [3.8, 4) is 17.3 Å². The molecule has 8 nitrogen and oxygen atoms in total. The molecule has 0 saturated carbocycles. The molecule has 0 amide bonds. The minimum atomic E-state index is -4.79. The van der Waals surface area contributed by atoms with Gasteiger partial charge in [0.25, 0.3) is 0 Å². The zero-order valence-electron chi connectivity index (χ0n) is 22.8. The molecule has 0 aliphatic carbocycles. The molecule has 3 aromatic rings. The topological polar surface area (TPSA) is 78.4 Å². The summed E-state index contributed by atoms with van der Waals surface area (Å²) in [6.07, 6.45) is -2.80. The highest BCUT2D eigenvalue weighted by Crippen LogP contribution is 2.45. The average molecular weight is 582 g/mol. The van der Waals surface area contributed by atoms with Crippen LogP contribution in [0.1, 0.15) is 30.9 Å². The van der Waals surface area contributed by atoms with E-state index in [1.807, 2.05) is 18.9 Å². The number of anilines is 2. The molecule has 1 unspecified atom stereocenters. The monoisotopic (exact) mass is 581 g/mol. The number of hydrogen-bond acceptors (Lipinski definition) is 8. The molecule has 2 aromatic heterocycles. The molecular weight excluding hydrogens is 550 g/mol. The molecular formula is C27H32ClF4N7O. The fourth-order valence-corrected chi connectivity index (χ4v) is 5.80. The molecule has 40 heavy (non-hydrogen) atoms. The Morgan fingerprint density at radius 1 is 1.20 bits per heavy atom. The zero-order valence-corrected chi connectivity index (χ0v) is 23.5. The molecule has 2 fully saturated rings. The zero-order chi connectivity index (χ0) is 28.8. The minimum Gasteiger partial charge on any atom is -0.462 e. The summed E-state index contributed by atoms with van der Waals surface area (Å²) in [6.45, 7) is 6.52. The Morgan fingerprint density at radius 2 is 1.98 bits per heavy atom. The average Bonchev–Trinajstić information content (AvgIpc) is 3.31. The Bertz CT molecular complexity index is 1420. The third-order valence-electron chi connectivity index (χ3n) is 7.69. The van der Waals surface area contributed by atoms with Crippen molar-refractivity contribution in [1.82, 2.24) is 25.2 Å². The highest BCUT2D eigenvalue weighted by Gasteiger charge is 2.39. The van der Waals surface area contributed by atoms with E-state index in [1.54, 1.807) is 0 Å². The molecule has 2 atom stereocenters. The molecule has 0 bridgehead atoms. The van der Waals surface area contributed by atoms with Gasteiger partial charge in [0, 0.05) is 44.2 Å². The summed E-state index contributed by atoms with van der Waals surface area (Å²) >= 11 is 6.57. The summed E-state index contributed by atoms with van der Waals surface area (Å²) in [5, 5.41) is 6.12. The van der Waals surface area contributed by atoms with Gasteiger partial charge in [-0.25, -0.2) is 9.37 Å². The van der Waals surface area contributed by atoms with Crippen LogP contribution in [0.25, 0.3) is 22.2 Å². The predicted molar refractivity (Wildman–Crippen MR) is 148 cm³/mol. The first kappa shape index (κ1) is 28.6. The summed E-state index contributed by atoms with van der Waals surface area (Å²) in [6, 6.07) is 2.83. The molecule has 13 heteroatoms. The lowest BCUT2D eigenvalue weighted by Crippen LogP contribution is -2.50. The lowest BCUT2D eigenvalue weighted by molar-refractivity contribution is -0.137. The van der Waals surface area contributed by atoms with Crippen LogP contribution in [0, 0.1) is 12.7 Å². The van der Waals surface area contributed by atoms with E-state index >= 15 is 4.39 Å². The molecule has 2 saturated heterocycles. The number of likely N-dealkylation sites (N-methyl/N-ethyl adjacent to an activating group) is 1. The normalized spacial score (nSPS) is 20.4. The Labute approximate surface area is 235 Å². The third kappa shape index (κ3) is 5.36. The van der Waals surface area contributed by atoms with Gasteiger partial charge in [0.1, 0.15) is 23.8 Å². The van der Waals surface area contributed by atoms with Crippen LogP contribution in [0.4, 0.5) is 29.2 Å². The van der Waals surface area contributed by atoms with Crippen molar-refractivity contribution >= 4 is 34.1 Å². The Balaban J connectivity index is 1.72. The van der Waals surface area contributed by atoms with E-state index in [4.69, 9.17) is 16.3 Å². The van der Waals surface area contributed by atoms with Crippen LogP contribution < -0.4 is 20.3 Å². The van der Waals surface area contributed by atoms with Gasteiger partial charge in [0.2, 0.25) is 0 Å². The first-order chi connectivity index (χ1) is 19.0. The minimum absolute atomic E-state index is 0.00985. The van der Waals surface area contributed by atoms with Crippen molar-refractivity contribution < 1.29 is 22.3 Å². The molecule has 2 aliphatic heterocycles. The number of hydrogen-bond donors (Lipinski definition) is 2. The molecule has 5 rings (SSSR count). The summed E-state index contributed by atoms with van der Waals surface area (Å²) in [5.74, 6) is -0.438. The maximum absolute atomic E-state index is 16.5. The molecule has 4 heterocycles. The van der Waals surface area contributed by atoms with E-state index in [-0.39, 0.29) is 40.0 Å². The molecule has 0 radical (unpaired) electrons. The van der Waals surface area contributed by atoms with Crippen LogP contribution in [-0.2, 0) is 6.18 Å². The van der Waals surface area contributed by atoms with Gasteiger partial charge in [-0.05, 0) is 58.0 Å². The fourth-order valence-electron chi connectivity index (χ4n) is 5.52. The maximum atomic E-state index is 16.5. The number of halogens is 5. The molecule has 1 aromatic carbocycles. The number of fused-ring (bicyclic) bond motifs is 1. The highest BCUT2D eigenvalue weighted by atomic mass is 35.5. The number of pyridine rings is 1. The van der Waals surface area contributed by atoms with Gasteiger partial charge in [-0.2, -0.15) is 23.1 Å². The van der Waals surface area contributed by atoms with Crippen LogP contribution in [-0.4, -0.2) is 78.8 Å². The van der Waals surface area contributed by atoms with Crippen molar-refractivity contribution in [3.63, 3.8) is 0 Å². The van der Waals surface area contributed by atoms with Crippen LogP contribution in [0.15, 0.2) is 12.1 Å². The van der Waals surface area contributed by atoms with Crippen LogP contribution in [0.3, 0.4) is 0 Å². The Kier molecular flexibility index (Phi) is 7.95. The van der Waals surface area contributed by atoms with Gasteiger partial charge in [-0.1, -0.05) is 11.6 Å². The van der Waals surface area contributed by atoms with Crippen molar-refractivity contribution in [2.45, 2.75) is 44.9 Å². The molecule has 0 spiro atoms. The lowest BCUT2D eigenvalue weighted by atomic mass is 9.98. The smallest absolute Gasteiger partial charge is 0.418 e. The second-order valence-electron chi connectivity index (χ2n) is 10.4. The second kappa shape index (κ2) is 11.1. The summed E-state index contributed by atoms with van der Waals surface area (Å²) < 4.78 is 65.1. The number of aryl methyl sites for hydroxylation is 1. The number of piperazine rings is 1. The van der Waals surface area contributed by atoms with Gasteiger partial charge in [0.05, 0.1) is 21.8 Å². The van der Waals surface area contributed by atoms with E-state index in [1.165, 1.54) is 26.1 Å². The van der Waals surface area contributed by atoms with E-state index in [2.05, 4.69) is 30.5 Å². The number of benzene rings is 1. The van der Waals surface area contributed by atoms with Gasteiger partial charge in [-0.3, -0.25) is 0 Å². The first-order valence-corrected chi connectivity index (χ1v) is 13.6. The number of nitrogens with zero attached hydrogens (tertiary/aromatic N) is 5. The van der Waals surface area contributed by atoms with Crippen LogP contribution >= 0.6 is 11.6 Å². The Morgan fingerprint density at radius 3 is 2.62 bits per heavy atom. The van der Waals surface area contributed by atoms with Gasteiger partial charge >= 0.3 is 12.2 Å². The van der Waals surface area contributed by atoms with E-state index in [9.17, 15) is 13.2 Å². The summed E-state index contributed by atoms with van der Waals surface area (Å²) in [4.78, 5) is 17.3. The van der Waals surface area contributed by atoms with Crippen LogP contribution in [0.5, 0.6) is 6.01 Å². The SMILES string of the molecule is CNc1cc(C)c(C(F)(F)F)c(-c2c(Cl)cc3c(N4CCNC[C@@H]4C)nc(OCC4CCCN4C)nc3c2F)n1. The van der Waals surface area contributed by atoms with Crippen LogP contribution in [0.2, 0.25) is 5.02 Å². The third-order valence-corrected chi connectivity index (χ3v) is 7.98. The molecule has 2 aliphatic rings. The van der Waals surface area contributed by atoms with Gasteiger partial charge in [-0.15, -0.1) is 0 Å². The number of alkyl halides is 3. The summed E-state index contributed by atoms with van der Waals surface area (Å²) in [7, 11) is 3.53. The number of ether oxygens (including phenoxy) is 1. The van der Waals surface area contributed by atoms with Crippen molar-refractivity contribution in [3.05, 3.63) is 34.1 Å². The molecule has 2 N–H and O–H groups in total. The number of rotatable bonds is 6. The van der Waals surface area contributed by atoms with E-state index < -0.39 is 28.8 Å². The fraction of sp³-hybridized carbons (Fsp3) is 0.519. The van der Waals surface area contributed by atoms with Gasteiger partial charge in [0.15, 0.2) is 5.82 Å². The quantitative estimate of drug-likeness (QED) is 0.388.